The van der Waals surface area contributed by atoms with Gasteiger partial charge in [0.05, 0.1) is 5.52 Å². The molecular weight excluding hydrogens is 478 g/mol. The molecule has 1 aromatic heterocycles. The number of anilines is 1. The molecule has 0 saturated carbocycles. The van der Waals surface area contributed by atoms with Gasteiger partial charge in [-0.25, -0.2) is 9.78 Å². The average Bonchev–Trinajstić information content (AvgIpc) is 3.30. The number of nitrogens with zero attached hydrogens (tertiary/aromatic N) is 3. The summed E-state index contributed by atoms with van der Waals surface area (Å²) >= 11 is 0. The highest BCUT2D eigenvalue weighted by Gasteiger charge is 2.20. The number of fused-ring (bicyclic) bond motifs is 5. The molecular formula is C31H27N3O4. The Morgan fingerprint density at radius 3 is 2.45 bits per heavy atom. The van der Waals surface area contributed by atoms with Crippen molar-refractivity contribution in [2.75, 3.05) is 19.0 Å². The van der Waals surface area contributed by atoms with E-state index in [1.54, 1.807) is 6.20 Å². The Morgan fingerprint density at radius 2 is 1.68 bits per heavy atom. The van der Waals surface area contributed by atoms with Gasteiger partial charge in [-0.05, 0) is 68.3 Å². The van der Waals surface area contributed by atoms with E-state index >= 15 is 0 Å². The molecule has 0 amide bonds. The first-order valence-corrected chi connectivity index (χ1v) is 12.4. The van der Waals surface area contributed by atoms with Gasteiger partial charge in [0.1, 0.15) is 16.8 Å². The molecule has 0 spiro atoms. The van der Waals surface area contributed by atoms with Crippen molar-refractivity contribution in [1.29, 1.82) is 0 Å². The molecule has 0 atom stereocenters. The minimum Gasteiger partial charge on any atom is -0.453 e. The highest BCUT2D eigenvalue weighted by molar-refractivity contribution is 5.99. The number of benzene rings is 4. The van der Waals surface area contributed by atoms with Crippen LogP contribution in [0, 0.1) is 0 Å². The SMILES string of the molecule is CN(C)c1ccc2nc3c4ccc(-c5ccc6c(ccn6C(=O)OC(C)(C)C)c5)cc4c(=O)cc-3oc2c1. The molecule has 0 N–H and O–H groups in total. The molecule has 7 nitrogen and oxygen atoms in total. The van der Waals surface area contributed by atoms with Gasteiger partial charge in [-0.3, -0.25) is 9.36 Å². The molecule has 0 saturated heterocycles. The number of rotatable bonds is 2. The van der Waals surface area contributed by atoms with Crippen LogP contribution in [0.3, 0.4) is 0 Å². The van der Waals surface area contributed by atoms with Crippen molar-refractivity contribution in [3.8, 4) is 22.6 Å². The molecule has 1 aliphatic carbocycles. The zero-order chi connectivity index (χ0) is 26.8. The van der Waals surface area contributed by atoms with Crippen LogP contribution in [0.15, 0.2) is 82.1 Å². The Hall–Kier alpha value is -4.65. The summed E-state index contributed by atoms with van der Waals surface area (Å²) in [5.74, 6) is 0.462. The van der Waals surface area contributed by atoms with E-state index in [9.17, 15) is 9.59 Å². The van der Waals surface area contributed by atoms with Crippen LogP contribution in [-0.2, 0) is 4.74 Å². The van der Waals surface area contributed by atoms with E-state index in [2.05, 4.69) is 0 Å². The molecule has 190 valence electrons. The van der Waals surface area contributed by atoms with Crippen molar-refractivity contribution in [3.05, 3.63) is 83.2 Å². The maximum atomic E-state index is 13.1. The van der Waals surface area contributed by atoms with Crippen LogP contribution in [0.25, 0.3) is 55.4 Å². The van der Waals surface area contributed by atoms with Gasteiger partial charge in [-0.15, -0.1) is 0 Å². The van der Waals surface area contributed by atoms with E-state index < -0.39 is 11.7 Å². The van der Waals surface area contributed by atoms with Crippen molar-refractivity contribution in [2.45, 2.75) is 26.4 Å². The topological polar surface area (TPSA) is 77.6 Å². The van der Waals surface area contributed by atoms with Crippen molar-refractivity contribution in [3.63, 3.8) is 0 Å². The minimum absolute atomic E-state index is 0.125. The Labute approximate surface area is 219 Å². The van der Waals surface area contributed by atoms with Gasteiger partial charge in [-0.2, -0.15) is 0 Å². The lowest BCUT2D eigenvalue weighted by Gasteiger charge is -2.19. The van der Waals surface area contributed by atoms with Crippen LogP contribution in [0.2, 0.25) is 0 Å². The Kier molecular flexibility index (Phi) is 5.28. The van der Waals surface area contributed by atoms with E-state index in [1.165, 1.54) is 10.6 Å². The predicted octanol–water partition coefficient (Wildman–Crippen LogP) is 6.92. The van der Waals surface area contributed by atoms with E-state index in [0.717, 1.165) is 38.6 Å². The minimum atomic E-state index is -0.581. The molecule has 0 fully saturated rings. The highest BCUT2D eigenvalue weighted by atomic mass is 16.6. The summed E-state index contributed by atoms with van der Waals surface area (Å²) in [6.07, 6.45) is 1.29. The largest absolute Gasteiger partial charge is 0.453 e. The number of carbonyl (C=O) groups excluding carboxylic acids is 1. The van der Waals surface area contributed by atoms with Crippen molar-refractivity contribution in [1.82, 2.24) is 9.55 Å². The molecule has 3 aromatic carbocycles. The fraction of sp³-hybridized carbons (Fsp3) is 0.194. The third-order valence-electron chi connectivity index (χ3n) is 6.56. The zero-order valence-corrected chi connectivity index (χ0v) is 21.9. The lowest BCUT2D eigenvalue weighted by Crippen LogP contribution is -2.26. The van der Waals surface area contributed by atoms with Gasteiger partial charge >= 0.3 is 6.09 Å². The quantitative estimate of drug-likeness (QED) is 0.188. The summed E-state index contributed by atoms with van der Waals surface area (Å²) in [6.45, 7) is 5.53. The van der Waals surface area contributed by atoms with Crippen molar-refractivity contribution < 1.29 is 13.9 Å². The zero-order valence-electron chi connectivity index (χ0n) is 21.9. The van der Waals surface area contributed by atoms with Gasteiger partial charge in [0.15, 0.2) is 16.8 Å². The smallest absolute Gasteiger partial charge is 0.418 e. The van der Waals surface area contributed by atoms with E-state index in [1.807, 2.05) is 100 Å². The van der Waals surface area contributed by atoms with E-state index in [-0.39, 0.29) is 5.43 Å². The van der Waals surface area contributed by atoms with Gasteiger partial charge < -0.3 is 14.1 Å². The van der Waals surface area contributed by atoms with Crippen LogP contribution in [0.5, 0.6) is 0 Å². The lowest BCUT2D eigenvalue weighted by atomic mass is 9.98. The fourth-order valence-electron chi connectivity index (χ4n) is 4.71. The van der Waals surface area contributed by atoms with Crippen LogP contribution in [0.4, 0.5) is 10.5 Å². The summed E-state index contributed by atoms with van der Waals surface area (Å²) < 4.78 is 13.1. The molecule has 1 aliphatic heterocycles. The Morgan fingerprint density at radius 1 is 0.921 bits per heavy atom. The first kappa shape index (κ1) is 23.7. The van der Waals surface area contributed by atoms with E-state index in [0.29, 0.717) is 22.4 Å². The molecule has 7 heteroatoms. The third kappa shape index (κ3) is 4.06. The van der Waals surface area contributed by atoms with Gasteiger partial charge in [0, 0.05) is 54.3 Å². The van der Waals surface area contributed by atoms with Gasteiger partial charge in [0.2, 0.25) is 0 Å². The molecule has 2 aliphatic rings. The second-order valence-electron chi connectivity index (χ2n) is 10.7. The predicted molar refractivity (Wildman–Crippen MR) is 151 cm³/mol. The van der Waals surface area contributed by atoms with E-state index in [4.69, 9.17) is 14.1 Å². The number of hydrogen-bond acceptors (Lipinski definition) is 6. The first-order valence-electron chi connectivity index (χ1n) is 12.4. The third-order valence-corrected chi connectivity index (χ3v) is 6.56. The van der Waals surface area contributed by atoms with Crippen molar-refractivity contribution in [2.24, 2.45) is 0 Å². The number of hydrogen-bond donors (Lipinski definition) is 0. The normalized spacial score (nSPS) is 12.0. The molecule has 0 unspecified atom stereocenters. The highest BCUT2D eigenvalue weighted by Crippen LogP contribution is 2.34. The molecule has 2 heterocycles. The maximum absolute atomic E-state index is 13.1. The van der Waals surface area contributed by atoms with Gasteiger partial charge in [-0.1, -0.05) is 18.2 Å². The summed E-state index contributed by atoms with van der Waals surface area (Å²) in [6, 6.07) is 20.9. The number of ether oxygens (including phenoxy) is 1. The second kappa shape index (κ2) is 8.45. The van der Waals surface area contributed by atoms with Crippen LogP contribution < -0.4 is 10.3 Å². The molecule has 6 rings (SSSR count). The monoisotopic (exact) mass is 505 g/mol. The standard InChI is InChI=1S/C31H27N3O4/c1-31(2,3)38-30(36)34-13-12-20-14-18(7-11-25(20)34)19-6-9-22-23(15-19)26(35)17-28-29(22)32-24-10-8-21(33(4)5)16-27(24)37-28/h6-17H,1-5H3. The molecule has 0 bridgehead atoms. The summed E-state index contributed by atoms with van der Waals surface area (Å²) in [5, 5.41) is 2.22. The van der Waals surface area contributed by atoms with Crippen LogP contribution in [0.1, 0.15) is 20.8 Å². The van der Waals surface area contributed by atoms with Crippen LogP contribution in [-0.4, -0.2) is 35.3 Å². The number of carbonyl (C=O) groups is 1. The summed E-state index contributed by atoms with van der Waals surface area (Å²) in [7, 11) is 3.93. The summed E-state index contributed by atoms with van der Waals surface area (Å²) in [4.78, 5) is 32.6. The molecule has 38 heavy (non-hydrogen) atoms. The lowest BCUT2D eigenvalue weighted by molar-refractivity contribution is 0.0544. The fourth-order valence-corrected chi connectivity index (χ4v) is 4.71. The Bertz CT molecular complexity index is 1910. The molecule has 0 radical (unpaired) electrons. The molecule has 4 aromatic rings. The maximum Gasteiger partial charge on any atom is 0.418 e. The summed E-state index contributed by atoms with van der Waals surface area (Å²) in [5.41, 5.74) is 4.90. The first-order chi connectivity index (χ1) is 18.1. The number of aromatic nitrogens is 2. The second-order valence-corrected chi connectivity index (χ2v) is 10.7. The van der Waals surface area contributed by atoms with Crippen molar-refractivity contribution >= 4 is 44.6 Å². The Balaban J connectivity index is 1.43. The van der Waals surface area contributed by atoms with Gasteiger partial charge in [0.25, 0.3) is 0 Å². The van der Waals surface area contributed by atoms with Crippen LogP contribution >= 0.6 is 0 Å². The average molecular weight is 506 g/mol.